The first-order valence-corrected chi connectivity index (χ1v) is 6.87. The number of aliphatic carboxylic acids is 1. The molecule has 0 fully saturated rings. The third kappa shape index (κ3) is 5.89. The van der Waals surface area contributed by atoms with Gasteiger partial charge in [0.1, 0.15) is 5.69 Å². The predicted molar refractivity (Wildman–Crippen MR) is 77.0 cm³/mol. The summed E-state index contributed by atoms with van der Waals surface area (Å²) in [5.41, 5.74) is 1.44. The van der Waals surface area contributed by atoms with Gasteiger partial charge in [0, 0.05) is 18.4 Å². The lowest BCUT2D eigenvalue weighted by Crippen LogP contribution is -2.07. The lowest BCUT2D eigenvalue weighted by Gasteiger charge is -2.07. The van der Waals surface area contributed by atoms with Crippen molar-refractivity contribution in [1.82, 2.24) is 0 Å². The maximum Gasteiger partial charge on any atom is 0.305 e. The van der Waals surface area contributed by atoms with Gasteiger partial charge in [0.25, 0.3) is 5.69 Å². The number of nitro groups is 1. The topological polar surface area (TPSA) is 102 Å². The van der Waals surface area contributed by atoms with Crippen LogP contribution in [0.25, 0.3) is 0 Å². The summed E-state index contributed by atoms with van der Waals surface area (Å²) in [4.78, 5) is 20.7. The minimum Gasteiger partial charge on any atom is -0.481 e. The number of hydrogen-bond acceptors (Lipinski definition) is 6. The van der Waals surface area contributed by atoms with E-state index in [0.29, 0.717) is 18.0 Å². The number of carboxylic acids is 1. The highest BCUT2D eigenvalue weighted by Gasteiger charge is 2.12. The molecule has 0 aliphatic rings. The van der Waals surface area contributed by atoms with Crippen molar-refractivity contribution in [3.05, 3.63) is 33.9 Å². The molecule has 0 saturated heterocycles. The zero-order valence-electron chi connectivity index (χ0n) is 11.0. The van der Waals surface area contributed by atoms with Crippen molar-refractivity contribution in [3.8, 4) is 0 Å². The molecule has 0 heterocycles. The van der Waals surface area contributed by atoms with Crippen LogP contribution in [-0.2, 0) is 8.98 Å². The molecular weight excluding hydrogens is 284 g/mol. The summed E-state index contributed by atoms with van der Waals surface area (Å²) in [6, 6.07) is 4.87. The first-order valence-electron chi connectivity index (χ1n) is 5.96. The van der Waals surface area contributed by atoms with Crippen LogP contribution in [0.5, 0.6) is 0 Å². The number of nitrogens with one attached hydrogen (secondary N) is 1. The van der Waals surface area contributed by atoms with Gasteiger partial charge in [0.15, 0.2) is 0 Å². The summed E-state index contributed by atoms with van der Waals surface area (Å²) in [6.45, 7) is 2.49. The maximum atomic E-state index is 10.9. The Kier molecular flexibility index (Phi) is 6.82. The Morgan fingerprint density at radius 2 is 2.30 bits per heavy atom. The molecule has 1 aromatic carbocycles. The first-order chi connectivity index (χ1) is 9.50. The molecule has 0 aromatic heterocycles. The van der Waals surface area contributed by atoms with E-state index in [1.165, 1.54) is 6.07 Å². The van der Waals surface area contributed by atoms with Gasteiger partial charge in [0.2, 0.25) is 0 Å². The molecule has 0 aliphatic heterocycles. The lowest BCUT2D eigenvalue weighted by atomic mass is 10.2. The number of benzene rings is 1. The molecule has 2 N–H and O–H groups in total. The summed E-state index contributed by atoms with van der Waals surface area (Å²) in [5.74, 6) is -0.343. The van der Waals surface area contributed by atoms with Crippen LogP contribution in [0.3, 0.4) is 0 Å². The molecule has 7 nitrogen and oxygen atoms in total. The molecule has 1 rings (SSSR count). The van der Waals surface area contributed by atoms with Crippen molar-refractivity contribution < 1.29 is 19.0 Å². The minimum atomic E-state index is -0.904. The number of nitro benzene ring substituents is 1. The smallest absolute Gasteiger partial charge is 0.305 e. The monoisotopic (exact) mass is 300 g/mol. The van der Waals surface area contributed by atoms with Crippen LogP contribution >= 0.6 is 12.0 Å². The molecule has 0 saturated carbocycles. The highest BCUT2D eigenvalue weighted by atomic mass is 32.2. The normalized spacial score (nSPS) is 10.2. The van der Waals surface area contributed by atoms with Gasteiger partial charge in [-0.15, -0.1) is 0 Å². The average molecular weight is 300 g/mol. The summed E-state index contributed by atoms with van der Waals surface area (Å²) < 4.78 is 5.05. The summed E-state index contributed by atoms with van der Waals surface area (Å²) in [6.07, 6.45) is -0.0379. The molecule has 20 heavy (non-hydrogen) atoms. The number of nitrogens with zero attached hydrogens (tertiary/aromatic N) is 1. The Balaban J connectivity index is 2.33. The van der Waals surface area contributed by atoms with Crippen LogP contribution in [0.1, 0.15) is 12.0 Å². The Hall–Kier alpha value is -1.80. The summed E-state index contributed by atoms with van der Waals surface area (Å²) >= 11 is 1.14. The number of carboxylic acid groups (broad SMARTS) is 1. The minimum absolute atomic E-state index is 0.0346. The number of anilines is 1. The second-order valence-corrected chi connectivity index (χ2v) is 4.87. The lowest BCUT2D eigenvalue weighted by molar-refractivity contribution is -0.384. The highest BCUT2D eigenvalue weighted by Crippen LogP contribution is 2.25. The van der Waals surface area contributed by atoms with Crippen molar-refractivity contribution in [2.24, 2.45) is 0 Å². The van der Waals surface area contributed by atoms with E-state index in [-0.39, 0.29) is 18.7 Å². The van der Waals surface area contributed by atoms with Gasteiger partial charge in [-0.25, -0.2) is 0 Å². The fourth-order valence-corrected chi connectivity index (χ4v) is 1.93. The fraction of sp³-hybridized carbons (Fsp3) is 0.417. The van der Waals surface area contributed by atoms with Crippen LogP contribution in [0, 0.1) is 17.0 Å². The first kappa shape index (κ1) is 16.3. The van der Waals surface area contributed by atoms with E-state index < -0.39 is 10.9 Å². The van der Waals surface area contributed by atoms with Crippen LogP contribution < -0.4 is 5.32 Å². The van der Waals surface area contributed by atoms with E-state index >= 15 is 0 Å². The Labute approximate surface area is 120 Å². The molecule has 110 valence electrons. The molecule has 8 heteroatoms. The third-order valence-electron chi connectivity index (χ3n) is 2.33. The number of hydrogen-bond donors (Lipinski definition) is 2. The highest BCUT2D eigenvalue weighted by molar-refractivity contribution is 7.94. The second kappa shape index (κ2) is 8.39. The van der Waals surface area contributed by atoms with Gasteiger partial charge < -0.3 is 14.6 Å². The van der Waals surface area contributed by atoms with E-state index in [9.17, 15) is 14.9 Å². The van der Waals surface area contributed by atoms with E-state index in [0.717, 1.165) is 17.6 Å². The molecule has 0 amide bonds. The molecule has 1 aromatic rings. The van der Waals surface area contributed by atoms with E-state index in [1.807, 2.05) is 6.92 Å². The molecule has 0 bridgehead atoms. The van der Waals surface area contributed by atoms with Gasteiger partial charge in [-0.05, 0) is 30.6 Å². The van der Waals surface area contributed by atoms with Gasteiger partial charge >= 0.3 is 5.97 Å². The van der Waals surface area contributed by atoms with Crippen LogP contribution in [0.15, 0.2) is 18.2 Å². The summed E-state index contributed by atoms with van der Waals surface area (Å²) in [5, 5.41) is 22.2. The molecule has 0 aliphatic carbocycles. The zero-order chi connectivity index (χ0) is 15.0. The van der Waals surface area contributed by atoms with Crippen molar-refractivity contribution >= 4 is 29.4 Å². The number of carbonyl (C=O) groups is 1. The van der Waals surface area contributed by atoms with Gasteiger partial charge in [-0.3, -0.25) is 14.9 Å². The van der Waals surface area contributed by atoms with Crippen LogP contribution in [-0.4, -0.2) is 34.9 Å². The Morgan fingerprint density at radius 1 is 1.55 bits per heavy atom. The van der Waals surface area contributed by atoms with E-state index in [4.69, 9.17) is 9.29 Å². The molecule has 0 radical (unpaired) electrons. The fourth-order valence-electron chi connectivity index (χ4n) is 1.42. The summed E-state index contributed by atoms with van der Waals surface area (Å²) in [7, 11) is 0. The van der Waals surface area contributed by atoms with Crippen molar-refractivity contribution in [3.63, 3.8) is 0 Å². The van der Waals surface area contributed by atoms with Gasteiger partial charge in [-0.2, -0.15) is 0 Å². The number of aryl methyl sites for hydroxylation is 1. The second-order valence-electron chi connectivity index (χ2n) is 3.99. The predicted octanol–water partition coefficient (Wildman–Crippen LogP) is 2.45. The Morgan fingerprint density at radius 3 is 2.95 bits per heavy atom. The zero-order valence-corrected chi connectivity index (χ0v) is 11.8. The van der Waals surface area contributed by atoms with Crippen LogP contribution in [0.4, 0.5) is 11.4 Å². The van der Waals surface area contributed by atoms with Crippen molar-refractivity contribution in [2.75, 3.05) is 24.2 Å². The van der Waals surface area contributed by atoms with Crippen molar-refractivity contribution in [1.29, 1.82) is 0 Å². The standard InChI is InChI=1S/C12H16N2O5S/c1-9-2-3-11(14(17)18)10(8-9)13-5-7-20-19-6-4-12(15)16/h2-3,8,13H,4-7H2,1H3,(H,15,16). The maximum absolute atomic E-state index is 10.9. The molecule has 0 atom stereocenters. The van der Waals surface area contributed by atoms with Gasteiger partial charge in [0.05, 0.1) is 18.0 Å². The van der Waals surface area contributed by atoms with E-state index in [1.54, 1.807) is 12.1 Å². The molecule has 0 spiro atoms. The van der Waals surface area contributed by atoms with E-state index in [2.05, 4.69) is 5.32 Å². The number of rotatable bonds is 9. The van der Waals surface area contributed by atoms with Gasteiger partial charge in [-0.1, -0.05) is 6.07 Å². The SMILES string of the molecule is Cc1ccc([N+](=O)[O-])c(NCCSOCCC(=O)O)c1. The Bertz CT molecular complexity index is 481. The average Bonchev–Trinajstić information content (AvgIpc) is 2.37. The largest absolute Gasteiger partial charge is 0.481 e. The third-order valence-corrected chi connectivity index (χ3v) is 3.04. The molecular formula is C12H16N2O5S. The van der Waals surface area contributed by atoms with Crippen LogP contribution in [0.2, 0.25) is 0 Å². The van der Waals surface area contributed by atoms with Crippen molar-refractivity contribution in [2.45, 2.75) is 13.3 Å². The molecule has 0 unspecified atom stereocenters. The quantitative estimate of drug-likeness (QED) is 0.312.